The van der Waals surface area contributed by atoms with E-state index in [0.717, 1.165) is 58.4 Å². The van der Waals surface area contributed by atoms with Gasteiger partial charge in [0.1, 0.15) is 5.82 Å². The molecule has 5 nitrogen and oxygen atoms in total. The van der Waals surface area contributed by atoms with Crippen LogP contribution in [0.25, 0.3) is 0 Å². The van der Waals surface area contributed by atoms with Gasteiger partial charge in [-0.05, 0) is 37.0 Å². The molecule has 22 heavy (non-hydrogen) atoms. The summed E-state index contributed by atoms with van der Waals surface area (Å²) in [6.07, 6.45) is 9.29. The van der Waals surface area contributed by atoms with Crippen LogP contribution in [-0.4, -0.2) is 47.2 Å². The van der Waals surface area contributed by atoms with Gasteiger partial charge in [0.25, 0.3) is 0 Å². The van der Waals surface area contributed by atoms with Crippen molar-refractivity contribution in [3.05, 3.63) is 18.2 Å². The molecule has 1 spiro atoms. The first-order valence-electron chi connectivity index (χ1n) is 8.51. The lowest BCUT2D eigenvalue weighted by Gasteiger charge is -2.29. The van der Waals surface area contributed by atoms with Crippen LogP contribution in [0.4, 0.5) is 0 Å². The number of hydrogen-bond donors (Lipinski definition) is 0. The van der Waals surface area contributed by atoms with Gasteiger partial charge in [-0.25, -0.2) is 4.98 Å². The zero-order valence-corrected chi connectivity index (χ0v) is 13.3. The topological polar surface area (TPSA) is 47.4 Å². The highest BCUT2D eigenvalue weighted by molar-refractivity contribution is 5.82. The number of fused-ring (bicyclic) bond motifs is 1. The summed E-state index contributed by atoms with van der Waals surface area (Å²) in [6, 6.07) is 0. The molecular formula is C17H25N3O2. The Kier molecular flexibility index (Phi) is 3.48. The van der Waals surface area contributed by atoms with E-state index in [9.17, 15) is 4.79 Å². The van der Waals surface area contributed by atoms with Crippen LogP contribution in [0.15, 0.2) is 12.4 Å². The lowest BCUT2D eigenvalue weighted by molar-refractivity contribution is -0.133. The second-order valence-electron chi connectivity index (χ2n) is 7.35. The van der Waals surface area contributed by atoms with Crippen LogP contribution in [0, 0.1) is 17.3 Å². The van der Waals surface area contributed by atoms with E-state index in [1.807, 2.05) is 18.1 Å². The summed E-state index contributed by atoms with van der Waals surface area (Å²) in [5, 5.41) is 0. The Bertz CT molecular complexity index is 562. The lowest BCUT2D eigenvalue weighted by atomic mass is 9.93. The van der Waals surface area contributed by atoms with Gasteiger partial charge < -0.3 is 14.2 Å². The summed E-state index contributed by atoms with van der Waals surface area (Å²) in [7, 11) is 1.98. The van der Waals surface area contributed by atoms with Crippen LogP contribution in [-0.2, 0) is 22.5 Å². The number of hydrogen-bond acceptors (Lipinski definition) is 3. The van der Waals surface area contributed by atoms with Crippen molar-refractivity contribution in [2.24, 2.45) is 17.3 Å². The van der Waals surface area contributed by atoms with Crippen LogP contribution in [0.1, 0.15) is 31.5 Å². The van der Waals surface area contributed by atoms with E-state index in [0.29, 0.717) is 11.8 Å². The molecule has 4 rings (SSSR count). The molecule has 5 heteroatoms. The van der Waals surface area contributed by atoms with Crippen molar-refractivity contribution >= 4 is 5.91 Å². The van der Waals surface area contributed by atoms with Crippen LogP contribution in [0.3, 0.4) is 0 Å². The van der Waals surface area contributed by atoms with E-state index in [-0.39, 0.29) is 11.3 Å². The van der Waals surface area contributed by atoms with E-state index < -0.39 is 0 Å². The first-order chi connectivity index (χ1) is 10.7. The highest BCUT2D eigenvalue weighted by Gasteiger charge is 2.58. The Morgan fingerprint density at radius 3 is 3.14 bits per heavy atom. The van der Waals surface area contributed by atoms with E-state index in [4.69, 9.17) is 4.74 Å². The molecular weight excluding hydrogens is 278 g/mol. The number of amides is 1. The van der Waals surface area contributed by atoms with E-state index in [1.54, 1.807) is 0 Å². The van der Waals surface area contributed by atoms with Crippen LogP contribution < -0.4 is 0 Å². The fraction of sp³-hybridized carbons (Fsp3) is 0.765. The molecule has 2 fully saturated rings. The van der Waals surface area contributed by atoms with Crippen molar-refractivity contribution in [1.82, 2.24) is 14.5 Å². The van der Waals surface area contributed by atoms with Gasteiger partial charge in [0, 0.05) is 58.1 Å². The quantitative estimate of drug-likeness (QED) is 0.854. The van der Waals surface area contributed by atoms with E-state index in [1.165, 1.54) is 5.82 Å². The summed E-state index contributed by atoms with van der Waals surface area (Å²) in [6.45, 7) is 3.57. The molecule has 0 aromatic carbocycles. The average molecular weight is 303 g/mol. The highest BCUT2D eigenvalue weighted by Crippen LogP contribution is 2.59. The van der Waals surface area contributed by atoms with Gasteiger partial charge >= 0.3 is 0 Å². The monoisotopic (exact) mass is 303 g/mol. The summed E-state index contributed by atoms with van der Waals surface area (Å²) in [5.41, 5.74) is 0.284. The van der Waals surface area contributed by atoms with Gasteiger partial charge in [0.05, 0.1) is 0 Å². The zero-order chi connectivity index (χ0) is 15.2. The van der Waals surface area contributed by atoms with Gasteiger partial charge in [0.15, 0.2) is 0 Å². The number of carbonyl (C=O) groups excluding carboxylic acids is 1. The predicted molar refractivity (Wildman–Crippen MR) is 82.3 cm³/mol. The Morgan fingerprint density at radius 1 is 1.50 bits per heavy atom. The molecule has 3 aliphatic rings. The SMILES string of the molecule is CN(CC1CCn2ccnc2C1)C(=O)C1CC12CCOCC2. The maximum Gasteiger partial charge on any atom is 0.226 e. The molecule has 1 saturated heterocycles. The van der Waals surface area contributed by atoms with Crippen molar-refractivity contribution in [3.8, 4) is 0 Å². The normalized spacial score (nSPS) is 29.1. The Morgan fingerprint density at radius 2 is 2.32 bits per heavy atom. The number of carbonyl (C=O) groups is 1. The lowest BCUT2D eigenvalue weighted by Crippen LogP contribution is -2.37. The predicted octanol–water partition coefficient (Wildman–Crippen LogP) is 1.72. The van der Waals surface area contributed by atoms with Crippen LogP contribution >= 0.6 is 0 Å². The molecule has 2 aliphatic heterocycles. The molecule has 1 amide bonds. The van der Waals surface area contributed by atoms with Gasteiger partial charge in [-0.1, -0.05) is 0 Å². The van der Waals surface area contributed by atoms with Gasteiger partial charge in [-0.15, -0.1) is 0 Å². The molecule has 1 aromatic rings. The molecule has 2 atom stereocenters. The second-order valence-corrected chi connectivity index (χ2v) is 7.35. The third kappa shape index (κ3) is 2.45. The molecule has 0 N–H and O–H groups in total. The third-order valence-corrected chi connectivity index (χ3v) is 5.94. The summed E-state index contributed by atoms with van der Waals surface area (Å²) in [5.74, 6) is 2.33. The molecule has 0 bridgehead atoms. The fourth-order valence-electron chi connectivity index (χ4n) is 4.34. The minimum Gasteiger partial charge on any atom is -0.381 e. The van der Waals surface area contributed by atoms with Crippen molar-refractivity contribution in [2.75, 3.05) is 26.8 Å². The van der Waals surface area contributed by atoms with E-state index in [2.05, 4.69) is 15.7 Å². The van der Waals surface area contributed by atoms with Crippen molar-refractivity contribution in [3.63, 3.8) is 0 Å². The minimum atomic E-state index is 0.256. The summed E-state index contributed by atoms with van der Waals surface area (Å²) in [4.78, 5) is 19.1. The first kappa shape index (κ1) is 14.2. The first-order valence-corrected chi connectivity index (χ1v) is 8.51. The van der Waals surface area contributed by atoms with Gasteiger partial charge in [-0.3, -0.25) is 4.79 Å². The van der Waals surface area contributed by atoms with E-state index >= 15 is 0 Å². The third-order valence-electron chi connectivity index (χ3n) is 5.94. The molecule has 2 unspecified atom stereocenters. The largest absolute Gasteiger partial charge is 0.381 e. The number of aromatic nitrogens is 2. The van der Waals surface area contributed by atoms with Crippen LogP contribution in [0.5, 0.6) is 0 Å². The Hall–Kier alpha value is -1.36. The number of ether oxygens (including phenoxy) is 1. The molecule has 1 saturated carbocycles. The summed E-state index contributed by atoms with van der Waals surface area (Å²) >= 11 is 0. The van der Waals surface area contributed by atoms with Crippen molar-refractivity contribution in [1.29, 1.82) is 0 Å². The molecule has 3 heterocycles. The van der Waals surface area contributed by atoms with Crippen molar-refractivity contribution < 1.29 is 9.53 Å². The zero-order valence-electron chi connectivity index (χ0n) is 13.3. The number of rotatable bonds is 3. The van der Waals surface area contributed by atoms with Gasteiger partial charge in [-0.2, -0.15) is 0 Å². The van der Waals surface area contributed by atoms with Crippen LogP contribution in [0.2, 0.25) is 0 Å². The average Bonchev–Trinajstić information content (AvgIpc) is 3.01. The Labute approximate surface area is 131 Å². The van der Waals surface area contributed by atoms with Gasteiger partial charge in [0.2, 0.25) is 5.91 Å². The maximum atomic E-state index is 12.7. The number of aryl methyl sites for hydroxylation is 1. The smallest absolute Gasteiger partial charge is 0.226 e. The summed E-state index contributed by atoms with van der Waals surface area (Å²) < 4.78 is 7.68. The van der Waals surface area contributed by atoms with Crippen molar-refractivity contribution in [2.45, 2.75) is 38.6 Å². The fourth-order valence-corrected chi connectivity index (χ4v) is 4.34. The Balaban J connectivity index is 1.33. The highest BCUT2D eigenvalue weighted by atomic mass is 16.5. The molecule has 0 radical (unpaired) electrons. The molecule has 1 aliphatic carbocycles. The maximum absolute atomic E-state index is 12.7. The minimum absolute atomic E-state index is 0.256. The number of imidazole rings is 1. The standard InChI is InChI=1S/C17H25N3O2/c1-19(12-13-2-6-20-7-5-18-15(20)10-13)16(21)14-11-17(14)3-8-22-9-4-17/h5,7,13-14H,2-4,6,8-12H2,1H3. The molecule has 1 aromatic heterocycles. The second kappa shape index (κ2) is 5.37. The number of nitrogens with zero attached hydrogens (tertiary/aromatic N) is 3. The molecule has 120 valence electrons.